The standard InChI is InChI=1S/C20H25N3O3/c24-18(21-16-8-2-1-3-9-16)10-11-22-19(25)17-12-14-6-4-5-7-15(14)13-23(17)20(22)26/h4-7,16-17H,1-3,8-13H2,(H,21,24). The second-order valence-electron chi connectivity index (χ2n) is 7.54. The van der Waals surface area contributed by atoms with Crippen molar-refractivity contribution < 1.29 is 14.4 Å². The molecular weight excluding hydrogens is 330 g/mol. The van der Waals surface area contributed by atoms with Crippen LogP contribution in [0.4, 0.5) is 4.79 Å². The van der Waals surface area contributed by atoms with Crippen LogP contribution in [0.5, 0.6) is 0 Å². The van der Waals surface area contributed by atoms with Gasteiger partial charge in [-0.1, -0.05) is 43.5 Å². The molecule has 1 unspecified atom stereocenters. The van der Waals surface area contributed by atoms with E-state index in [-0.39, 0.29) is 36.9 Å². The lowest BCUT2D eigenvalue weighted by atomic mass is 9.95. The summed E-state index contributed by atoms with van der Waals surface area (Å²) in [5.74, 6) is -0.236. The molecule has 1 saturated carbocycles. The van der Waals surface area contributed by atoms with Gasteiger partial charge >= 0.3 is 6.03 Å². The summed E-state index contributed by atoms with van der Waals surface area (Å²) < 4.78 is 0. The van der Waals surface area contributed by atoms with Gasteiger partial charge in [-0.15, -0.1) is 0 Å². The van der Waals surface area contributed by atoms with E-state index < -0.39 is 6.04 Å². The Kier molecular flexibility index (Phi) is 4.66. The summed E-state index contributed by atoms with van der Waals surface area (Å²) in [5.41, 5.74) is 2.23. The first kappa shape index (κ1) is 17.1. The first-order valence-corrected chi connectivity index (χ1v) is 9.61. The number of amides is 4. The molecule has 1 N–H and O–H groups in total. The van der Waals surface area contributed by atoms with E-state index in [0.29, 0.717) is 13.0 Å². The second-order valence-corrected chi connectivity index (χ2v) is 7.54. The number of carbonyl (C=O) groups is 3. The Morgan fingerprint density at radius 3 is 2.58 bits per heavy atom. The molecule has 0 bridgehead atoms. The Balaban J connectivity index is 1.36. The number of carbonyl (C=O) groups excluding carboxylic acids is 3. The minimum atomic E-state index is -0.418. The molecule has 1 atom stereocenters. The lowest BCUT2D eigenvalue weighted by Crippen LogP contribution is -2.40. The molecule has 6 heteroatoms. The average Bonchev–Trinajstić information content (AvgIpc) is 2.89. The SMILES string of the molecule is O=C(CCN1C(=O)C2Cc3ccccc3CN2C1=O)NC1CCCCC1. The molecule has 0 radical (unpaired) electrons. The van der Waals surface area contributed by atoms with E-state index in [0.717, 1.165) is 36.8 Å². The topological polar surface area (TPSA) is 69.7 Å². The van der Waals surface area contributed by atoms with Crippen LogP contribution in [0.2, 0.25) is 0 Å². The molecule has 3 aliphatic rings. The molecule has 138 valence electrons. The second kappa shape index (κ2) is 7.09. The van der Waals surface area contributed by atoms with Gasteiger partial charge in [0.25, 0.3) is 5.91 Å². The number of fused-ring (bicyclic) bond motifs is 2. The summed E-state index contributed by atoms with van der Waals surface area (Å²) in [6.45, 7) is 0.635. The largest absolute Gasteiger partial charge is 0.353 e. The highest BCUT2D eigenvalue weighted by molar-refractivity contribution is 6.04. The highest BCUT2D eigenvalue weighted by Gasteiger charge is 2.46. The summed E-state index contributed by atoms with van der Waals surface area (Å²) in [6, 6.07) is 7.51. The van der Waals surface area contributed by atoms with Crippen LogP contribution in [-0.4, -0.2) is 46.3 Å². The molecule has 0 aromatic heterocycles. The van der Waals surface area contributed by atoms with Crippen LogP contribution >= 0.6 is 0 Å². The molecular formula is C20H25N3O3. The van der Waals surface area contributed by atoms with Crippen molar-refractivity contribution in [1.82, 2.24) is 15.1 Å². The monoisotopic (exact) mass is 355 g/mol. The van der Waals surface area contributed by atoms with Gasteiger partial charge in [0.1, 0.15) is 6.04 Å². The van der Waals surface area contributed by atoms with E-state index in [9.17, 15) is 14.4 Å². The minimum absolute atomic E-state index is 0.0642. The van der Waals surface area contributed by atoms with Crippen LogP contribution in [0.25, 0.3) is 0 Å². The highest BCUT2D eigenvalue weighted by Crippen LogP contribution is 2.30. The van der Waals surface area contributed by atoms with Crippen molar-refractivity contribution in [1.29, 1.82) is 0 Å². The lowest BCUT2D eigenvalue weighted by molar-refractivity contribution is -0.129. The van der Waals surface area contributed by atoms with Gasteiger partial charge in [0, 0.05) is 32.0 Å². The van der Waals surface area contributed by atoms with Gasteiger partial charge in [0.2, 0.25) is 5.91 Å². The van der Waals surface area contributed by atoms with Crippen molar-refractivity contribution in [3.8, 4) is 0 Å². The zero-order valence-electron chi connectivity index (χ0n) is 14.9. The van der Waals surface area contributed by atoms with E-state index in [1.54, 1.807) is 4.90 Å². The first-order valence-electron chi connectivity index (χ1n) is 9.61. The Morgan fingerprint density at radius 1 is 1.08 bits per heavy atom. The number of benzene rings is 1. The molecule has 1 saturated heterocycles. The molecule has 4 amide bonds. The lowest BCUT2D eigenvalue weighted by Gasteiger charge is -2.28. The van der Waals surface area contributed by atoms with Crippen LogP contribution in [-0.2, 0) is 22.6 Å². The van der Waals surface area contributed by atoms with E-state index in [4.69, 9.17) is 0 Å². The summed E-state index contributed by atoms with van der Waals surface area (Å²) in [7, 11) is 0. The van der Waals surface area contributed by atoms with Gasteiger partial charge in [-0.2, -0.15) is 0 Å². The summed E-state index contributed by atoms with van der Waals surface area (Å²) in [4.78, 5) is 40.5. The molecule has 2 heterocycles. The third-order valence-corrected chi connectivity index (χ3v) is 5.81. The van der Waals surface area contributed by atoms with Gasteiger partial charge in [-0.3, -0.25) is 14.5 Å². The van der Waals surface area contributed by atoms with E-state index >= 15 is 0 Å². The molecule has 1 aromatic rings. The molecule has 2 fully saturated rings. The van der Waals surface area contributed by atoms with Crippen LogP contribution in [0.3, 0.4) is 0 Å². The van der Waals surface area contributed by atoms with Crippen LogP contribution in [0.15, 0.2) is 24.3 Å². The van der Waals surface area contributed by atoms with E-state index in [2.05, 4.69) is 5.32 Å². The Bertz CT molecular complexity index is 684. The van der Waals surface area contributed by atoms with Crippen LogP contribution < -0.4 is 5.32 Å². The van der Waals surface area contributed by atoms with Gasteiger partial charge < -0.3 is 10.2 Å². The van der Waals surface area contributed by atoms with E-state index in [1.807, 2.05) is 24.3 Å². The smallest absolute Gasteiger partial charge is 0.327 e. The maximum Gasteiger partial charge on any atom is 0.327 e. The Morgan fingerprint density at radius 2 is 1.81 bits per heavy atom. The van der Waals surface area contributed by atoms with Crippen molar-refractivity contribution in [2.24, 2.45) is 0 Å². The Labute approximate surface area is 153 Å². The van der Waals surface area contributed by atoms with Crippen molar-refractivity contribution in [2.45, 2.75) is 63.6 Å². The number of imide groups is 1. The first-order chi connectivity index (χ1) is 12.6. The molecule has 2 aliphatic heterocycles. The maximum atomic E-state index is 12.7. The third-order valence-electron chi connectivity index (χ3n) is 5.81. The quantitative estimate of drug-likeness (QED) is 0.842. The molecule has 1 aliphatic carbocycles. The fourth-order valence-corrected chi connectivity index (χ4v) is 4.34. The number of nitrogens with one attached hydrogen (secondary N) is 1. The van der Waals surface area contributed by atoms with Gasteiger partial charge in [0.05, 0.1) is 0 Å². The predicted octanol–water partition coefficient (Wildman–Crippen LogP) is 2.21. The minimum Gasteiger partial charge on any atom is -0.353 e. The van der Waals surface area contributed by atoms with Crippen molar-refractivity contribution in [3.05, 3.63) is 35.4 Å². The van der Waals surface area contributed by atoms with Crippen molar-refractivity contribution in [2.75, 3.05) is 6.54 Å². The van der Waals surface area contributed by atoms with Crippen LogP contribution in [0, 0.1) is 0 Å². The molecule has 4 rings (SSSR count). The number of nitrogens with zero attached hydrogens (tertiary/aromatic N) is 2. The van der Waals surface area contributed by atoms with Crippen LogP contribution in [0.1, 0.15) is 49.7 Å². The fourth-order valence-electron chi connectivity index (χ4n) is 4.34. The van der Waals surface area contributed by atoms with Gasteiger partial charge in [-0.05, 0) is 24.0 Å². The van der Waals surface area contributed by atoms with Crippen molar-refractivity contribution in [3.63, 3.8) is 0 Å². The van der Waals surface area contributed by atoms with Crippen molar-refractivity contribution >= 4 is 17.8 Å². The third kappa shape index (κ3) is 3.20. The maximum absolute atomic E-state index is 12.7. The van der Waals surface area contributed by atoms with E-state index in [1.165, 1.54) is 11.3 Å². The normalized spacial score (nSPS) is 23.0. The fraction of sp³-hybridized carbons (Fsp3) is 0.550. The predicted molar refractivity (Wildman–Crippen MR) is 96.2 cm³/mol. The summed E-state index contributed by atoms with van der Waals surface area (Å²) >= 11 is 0. The molecule has 6 nitrogen and oxygen atoms in total. The molecule has 0 spiro atoms. The Hall–Kier alpha value is -2.37. The number of urea groups is 1. The molecule has 1 aromatic carbocycles. The zero-order chi connectivity index (χ0) is 18.1. The number of hydrogen-bond donors (Lipinski definition) is 1. The number of hydrogen-bond acceptors (Lipinski definition) is 3. The summed E-state index contributed by atoms with van der Waals surface area (Å²) in [6.07, 6.45) is 6.36. The van der Waals surface area contributed by atoms with Gasteiger partial charge in [0.15, 0.2) is 0 Å². The van der Waals surface area contributed by atoms with Gasteiger partial charge in [-0.25, -0.2) is 4.79 Å². The summed E-state index contributed by atoms with van der Waals surface area (Å²) in [5, 5.41) is 3.05. The zero-order valence-corrected chi connectivity index (χ0v) is 14.9. The molecule has 26 heavy (non-hydrogen) atoms. The highest BCUT2D eigenvalue weighted by atomic mass is 16.2. The number of rotatable bonds is 4. The average molecular weight is 355 g/mol.